The summed E-state index contributed by atoms with van der Waals surface area (Å²) in [4.78, 5) is 4.01. The zero-order chi connectivity index (χ0) is 14.6. The Morgan fingerprint density at radius 3 is 2.05 bits per heavy atom. The third-order valence-electron chi connectivity index (χ3n) is 3.26. The smallest absolute Gasteiger partial charge is 0.129 e. The summed E-state index contributed by atoms with van der Waals surface area (Å²) >= 11 is 0. The van der Waals surface area contributed by atoms with Crippen LogP contribution in [0.5, 0.6) is 5.75 Å². The van der Waals surface area contributed by atoms with Gasteiger partial charge in [-0.25, -0.2) is 0 Å². The Kier molecular flexibility index (Phi) is 4.34. The van der Waals surface area contributed by atoms with E-state index in [-0.39, 0.29) is 5.75 Å². The molecule has 20 heavy (non-hydrogen) atoms. The van der Waals surface area contributed by atoms with Crippen LogP contribution in [0.25, 0.3) is 10.8 Å². The first-order valence-electron chi connectivity index (χ1n) is 6.24. The number of aromatic hydroxyl groups is 1. The van der Waals surface area contributed by atoms with Crippen molar-refractivity contribution < 1.29 is 20.4 Å². The SMILES string of the molecule is OCC(CO)(CO)N=Cc1cc2ccccc2cc1O. The standard InChI is InChI=1S/C15H17NO4/c17-8-15(9-18,10-19)16-7-13-5-11-3-1-2-4-12(11)6-14(13)20/h1-7,17-20H,8-10H2. The van der Waals surface area contributed by atoms with Crippen LogP contribution in [0.4, 0.5) is 0 Å². The molecule has 0 aliphatic rings. The highest BCUT2D eigenvalue weighted by Crippen LogP contribution is 2.24. The van der Waals surface area contributed by atoms with Crippen molar-refractivity contribution in [3.05, 3.63) is 42.0 Å². The summed E-state index contributed by atoms with van der Waals surface area (Å²) in [5, 5.41) is 39.4. The summed E-state index contributed by atoms with van der Waals surface area (Å²) in [5.74, 6) is 0.0511. The van der Waals surface area contributed by atoms with Crippen molar-refractivity contribution in [2.75, 3.05) is 19.8 Å². The topological polar surface area (TPSA) is 93.3 Å². The largest absolute Gasteiger partial charge is 0.507 e. The van der Waals surface area contributed by atoms with E-state index in [4.69, 9.17) is 0 Å². The molecule has 0 aromatic heterocycles. The third-order valence-corrected chi connectivity index (χ3v) is 3.26. The molecule has 106 valence electrons. The minimum Gasteiger partial charge on any atom is -0.507 e. The van der Waals surface area contributed by atoms with E-state index in [0.717, 1.165) is 10.8 Å². The molecule has 0 atom stereocenters. The first-order chi connectivity index (χ1) is 9.64. The molecule has 2 rings (SSSR count). The van der Waals surface area contributed by atoms with Gasteiger partial charge < -0.3 is 20.4 Å². The number of aliphatic hydroxyl groups is 3. The van der Waals surface area contributed by atoms with Gasteiger partial charge in [-0.05, 0) is 22.9 Å². The predicted molar refractivity (Wildman–Crippen MR) is 77.2 cm³/mol. The van der Waals surface area contributed by atoms with E-state index < -0.39 is 25.4 Å². The molecule has 0 spiro atoms. The van der Waals surface area contributed by atoms with Gasteiger partial charge in [-0.15, -0.1) is 0 Å². The van der Waals surface area contributed by atoms with Crippen molar-refractivity contribution in [3.63, 3.8) is 0 Å². The molecule has 0 saturated heterocycles. The van der Waals surface area contributed by atoms with E-state index in [9.17, 15) is 20.4 Å². The average molecular weight is 275 g/mol. The van der Waals surface area contributed by atoms with Crippen LogP contribution < -0.4 is 0 Å². The first kappa shape index (κ1) is 14.5. The van der Waals surface area contributed by atoms with Crippen LogP contribution in [0.2, 0.25) is 0 Å². The molecule has 5 nitrogen and oxygen atoms in total. The molecule has 0 fully saturated rings. The van der Waals surface area contributed by atoms with Crippen LogP contribution in [-0.4, -0.2) is 52.0 Å². The average Bonchev–Trinajstić information content (AvgIpc) is 2.49. The van der Waals surface area contributed by atoms with E-state index in [1.165, 1.54) is 6.21 Å². The third kappa shape index (κ3) is 2.80. The fourth-order valence-electron chi connectivity index (χ4n) is 1.83. The lowest BCUT2D eigenvalue weighted by Crippen LogP contribution is -2.39. The van der Waals surface area contributed by atoms with Gasteiger partial charge in [-0.1, -0.05) is 24.3 Å². The fourth-order valence-corrected chi connectivity index (χ4v) is 1.83. The van der Waals surface area contributed by atoms with E-state index in [0.29, 0.717) is 5.56 Å². The van der Waals surface area contributed by atoms with Crippen LogP contribution >= 0.6 is 0 Å². The van der Waals surface area contributed by atoms with Crippen LogP contribution in [0.1, 0.15) is 5.56 Å². The van der Waals surface area contributed by atoms with Gasteiger partial charge in [-0.2, -0.15) is 0 Å². The Morgan fingerprint density at radius 2 is 1.50 bits per heavy atom. The normalized spacial score (nSPS) is 12.3. The summed E-state index contributed by atoms with van der Waals surface area (Å²) in [7, 11) is 0. The zero-order valence-corrected chi connectivity index (χ0v) is 10.9. The number of benzene rings is 2. The van der Waals surface area contributed by atoms with Crippen molar-refractivity contribution in [2.45, 2.75) is 5.54 Å². The lowest BCUT2D eigenvalue weighted by Gasteiger charge is -2.22. The first-order valence-corrected chi connectivity index (χ1v) is 6.24. The minimum atomic E-state index is -1.34. The maximum absolute atomic E-state index is 9.94. The highest BCUT2D eigenvalue weighted by Gasteiger charge is 2.26. The molecule has 2 aromatic rings. The Balaban J connectivity index is 2.40. The van der Waals surface area contributed by atoms with Gasteiger partial charge in [0.25, 0.3) is 0 Å². The van der Waals surface area contributed by atoms with Crippen molar-refractivity contribution in [3.8, 4) is 5.75 Å². The molecule has 0 heterocycles. The number of fused-ring (bicyclic) bond motifs is 1. The number of aliphatic imine (C=N–C) groups is 1. The maximum Gasteiger partial charge on any atom is 0.129 e. The summed E-state index contributed by atoms with van der Waals surface area (Å²) < 4.78 is 0. The number of hydrogen-bond acceptors (Lipinski definition) is 5. The van der Waals surface area contributed by atoms with Crippen LogP contribution in [0.3, 0.4) is 0 Å². The van der Waals surface area contributed by atoms with Crippen molar-refractivity contribution in [1.82, 2.24) is 0 Å². The molecule has 0 saturated carbocycles. The predicted octanol–water partition coefficient (Wildman–Crippen LogP) is 0.680. The summed E-state index contributed by atoms with van der Waals surface area (Å²) in [6, 6.07) is 10.9. The molecule has 5 heteroatoms. The minimum absolute atomic E-state index is 0.0511. The lowest BCUT2D eigenvalue weighted by molar-refractivity contribution is 0.0718. The quantitative estimate of drug-likeness (QED) is 0.604. The van der Waals surface area contributed by atoms with Crippen molar-refractivity contribution in [2.24, 2.45) is 4.99 Å². The molecule has 2 aromatic carbocycles. The molecule has 4 N–H and O–H groups in total. The van der Waals surface area contributed by atoms with Gasteiger partial charge in [0, 0.05) is 11.8 Å². The molecule has 0 amide bonds. The van der Waals surface area contributed by atoms with Crippen LogP contribution in [0, 0.1) is 0 Å². The Labute approximate surface area is 116 Å². The van der Waals surface area contributed by atoms with Crippen LogP contribution in [-0.2, 0) is 0 Å². The van der Waals surface area contributed by atoms with Gasteiger partial charge in [0.1, 0.15) is 11.3 Å². The summed E-state index contributed by atoms with van der Waals surface area (Å²) in [5.41, 5.74) is -0.874. The molecule has 0 aliphatic heterocycles. The van der Waals surface area contributed by atoms with Crippen molar-refractivity contribution in [1.29, 1.82) is 0 Å². The molecular weight excluding hydrogens is 258 g/mol. The molecule has 0 aliphatic carbocycles. The molecule has 0 radical (unpaired) electrons. The highest BCUT2D eigenvalue weighted by atomic mass is 16.3. The Hall–Kier alpha value is -1.95. The second-order valence-electron chi connectivity index (χ2n) is 4.72. The van der Waals surface area contributed by atoms with E-state index in [1.807, 2.05) is 24.3 Å². The summed E-state index contributed by atoms with van der Waals surface area (Å²) in [6.45, 7) is -1.44. The van der Waals surface area contributed by atoms with E-state index in [2.05, 4.69) is 4.99 Å². The number of rotatable bonds is 5. The molecule has 0 bridgehead atoms. The number of nitrogens with zero attached hydrogens (tertiary/aromatic N) is 1. The van der Waals surface area contributed by atoms with Gasteiger partial charge in [0.2, 0.25) is 0 Å². The van der Waals surface area contributed by atoms with Gasteiger partial charge in [0.05, 0.1) is 19.8 Å². The van der Waals surface area contributed by atoms with Gasteiger partial charge >= 0.3 is 0 Å². The number of phenols is 1. The molecule has 0 unspecified atom stereocenters. The zero-order valence-electron chi connectivity index (χ0n) is 10.9. The lowest BCUT2D eigenvalue weighted by atomic mass is 10.0. The van der Waals surface area contributed by atoms with Crippen LogP contribution in [0.15, 0.2) is 41.4 Å². The van der Waals surface area contributed by atoms with Gasteiger partial charge in [-0.3, -0.25) is 4.99 Å². The monoisotopic (exact) mass is 275 g/mol. The number of aliphatic hydroxyl groups excluding tert-OH is 3. The number of hydrogen-bond donors (Lipinski definition) is 4. The van der Waals surface area contributed by atoms with E-state index in [1.54, 1.807) is 12.1 Å². The Bertz CT molecular complexity index is 612. The fraction of sp³-hybridized carbons (Fsp3) is 0.267. The Morgan fingerprint density at radius 1 is 0.950 bits per heavy atom. The van der Waals surface area contributed by atoms with Crippen molar-refractivity contribution >= 4 is 17.0 Å². The molecular formula is C15H17NO4. The maximum atomic E-state index is 9.94. The number of phenolic OH excluding ortho intramolecular Hbond substituents is 1. The second-order valence-corrected chi connectivity index (χ2v) is 4.72. The summed E-state index contributed by atoms with van der Waals surface area (Å²) in [6.07, 6.45) is 1.35. The van der Waals surface area contributed by atoms with Gasteiger partial charge in [0.15, 0.2) is 0 Å². The highest BCUT2D eigenvalue weighted by molar-refractivity contribution is 5.93. The second kappa shape index (κ2) is 6.00. The van der Waals surface area contributed by atoms with E-state index >= 15 is 0 Å².